The fourth-order valence-corrected chi connectivity index (χ4v) is 0.900. The summed E-state index contributed by atoms with van der Waals surface area (Å²) in [5.41, 5.74) is 0.174. The van der Waals surface area contributed by atoms with E-state index in [0.717, 1.165) is 6.54 Å². The summed E-state index contributed by atoms with van der Waals surface area (Å²) in [6, 6.07) is 0. The Bertz CT molecular complexity index is 151. The first-order chi connectivity index (χ1) is 5.37. The van der Waals surface area contributed by atoms with E-state index in [0.29, 0.717) is 0 Å². The molecule has 0 aromatic carbocycles. The van der Waals surface area contributed by atoms with Crippen molar-refractivity contribution < 1.29 is 4.79 Å². The van der Waals surface area contributed by atoms with Crippen molar-refractivity contribution in [3.05, 3.63) is 0 Å². The van der Waals surface area contributed by atoms with Gasteiger partial charge in [-0.2, -0.15) is 11.8 Å². The molecule has 0 bridgehead atoms. The van der Waals surface area contributed by atoms with E-state index in [9.17, 15) is 4.79 Å². The van der Waals surface area contributed by atoms with Gasteiger partial charge >= 0.3 is 0 Å². The Morgan fingerprint density at radius 1 is 1.50 bits per heavy atom. The number of amides is 1. The molecule has 1 N–H and O–H groups in total. The van der Waals surface area contributed by atoms with Crippen molar-refractivity contribution in [3.63, 3.8) is 0 Å². The van der Waals surface area contributed by atoms with Gasteiger partial charge in [-0.25, -0.2) is 0 Å². The zero-order chi connectivity index (χ0) is 9.78. The van der Waals surface area contributed by atoms with Crippen LogP contribution >= 0.6 is 11.8 Å². The SMILES string of the molecule is CSC(C)C(=O)NCC(C)(C)C. The summed E-state index contributed by atoms with van der Waals surface area (Å²) in [4.78, 5) is 11.3. The normalized spacial score (nSPS) is 14.1. The average Bonchev–Trinajstić information content (AvgIpc) is 1.97. The molecule has 0 radical (unpaired) electrons. The van der Waals surface area contributed by atoms with Crippen LogP contribution in [0.5, 0.6) is 0 Å². The van der Waals surface area contributed by atoms with Gasteiger partial charge in [-0.3, -0.25) is 4.79 Å². The standard InChI is InChI=1S/C9H19NOS/c1-7(12-5)8(11)10-6-9(2,3)4/h7H,6H2,1-5H3,(H,10,11). The Balaban J connectivity index is 3.72. The fourth-order valence-electron chi connectivity index (χ4n) is 0.603. The lowest BCUT2D eigenvalue weighted by atomic mass is 9.97. The molecule has 0 fully saturated rings. The van der Waals surface area contributed by atoms with E-state index < -0.39 is 0 Å². The Hall–Kier alpha value is -0.180. The highest BCUT2D eigenvalue weighted by atomic mass is 32.2. The number of hydrogen-bond donors (Lipinski definition) is 1. The second-order valence-corrected chi connectivity index (χ2v) is 5.33. The third kappa shape index (κ3) is 5.47. The molecule has 1 amide bonds. The van der Waals surface area contributed by atoms with Crippen LogP contribution in [0.4, 0.5) is 0 Å². The highest BCUT2D eigenvalue weighted by molar-refractivity contribution is 7.99. The molecule has 0 aliphatic rings. The second kappa shape index (κ2) is 4.75. The van der Waals surface area contributed by atoms with Crippen molar-refractivity contribution in [1.29, 1.82) is 0 Å². The van der Waals surface area contributed by atoms with Crippen LogP contribution < -0.4 is 5.32 Å². The van der Waals surface area contributed by atoms with Gasteiger partial charge in [-0.1, -0.05) is 20.8 Å². The van der Waals surface area contributed by atoms with Gasteiger partial charge in [-0.05, 0) is 18.6 Å². The summed E-state index contributed by atoms with van der Waals surface area (Å²) in [7, 11) is 0. The molecule has 0 heterocycles. The maximum Gasteiger partial charge on any atom is 0.232 e. The quantitative estimate of drug-likeness (QED) is 0.734. The molecule has 1 atom stereocenters. The lowest BCUT2D eigenvalue weighted by Gasteiger charge is -2.19. The molecule has 0 aromatic rings. The molecule has 2 nitrogen and oxygen atoms in total. The number of carbonyl (C=O) groups excluding carboxylic acids is 1. The summed E-state index contributed by atoms with van der Waals surface area (Å²) in [5, 5.41) is 2.98. The van der Waals surface area contributed by atoms with E-state index in [4.69, 9.17) is 0 Å². The molecule has 12 heavy (non-hydrogen) atoms. The number of rotatable bonds is 3. The Labute approximate surface area is 79.5 Å². The van der Waals surface area contributed by atoms with Gasteiger partial charge in [0.2, 0.25) is 5.91 Å². The third-order valence-corrected chi connectivity index (χ3v) is 2.44. The van der Waals surface area contributed by atoms with Gasteiger partial charge in [0.1, 0.15) is 0 Å². The molecule has 0 saturated heterocycles. The highest BCUT2D eigenvalue weighted by Crippen LogP contribution is 2.11. The van der Waals surface area contributed by atoms with Crippen molar-refractivity contribution in [1.82, 2.24) is 5.32 Å². The van der Waals surface area contributed by atoms with Crippen LogP contribution in [0.2, 0.25) is 0 Å². The smallest absolute Gasteiger partial charge is 0.232 e. The van der Waals surface area contributed by atoms with Gasteiger partial charge in [0.15, 0.2) is 0 Å². The van der Waals surface area contributed by atoms with Crippen LogP contribution in [-0.4, -0.2) is 24.0 Å². The monoisotopic (exact) mass is 189 g/mol. The molecule has 0 rings (SSSR count). The lowest BCUT2D eigenvalue weighted by Crippen LogP contribution is -2.36. The first-order valence-electron chi connectivity index (χ1n) is 4.17. The highest BCUT2D eigenvalue weighted by Gasteiger charge is 2.15. The third-order valence-electron chi connectivity index (χ3n) is 1.52. The maximum atomic E-state index is 11.3. The molecule has 3 heteroatoms. The van der Waals surface area contributed by atoms with Crippen LogP contribution in [0.1, 0.15) is 27.7 Å². The number of carbonyl (C=O) groups is 1. The number of thioether (sulfide) groups is 1. The van der Waals surface area contributed by atoms with E-state index in [1.807, 2.05) is 13.2 Å². The molecule has 0 saturated carbocycles. The second-order valence-electron chi connectivity index (χ2n) is 4.16. The molecular weight excluding hydrogens is 170 g/mol. The molecule has 72 valence electrons. The van der Waals surface area contributed by atoms with Crippen molar-refractivity contribution in [2.45, 2.75) is 32.9 Å². The summed E-state index contributed by atoms with van der Waals surface area (Å²) >= 11 is 1.57. The zero-order valence-electron chi connectivity index (χ0n) is 8.60. The lowest BCUT2D eigenvalue weighted by molar-refractivity contribution is -0.120. The van der Waals surface area contributed by atoms with Gasteiger partial charge in [0.25, 0.3) is 0 Å². The predicted octanol–water partition coefficient (Wildman–Crippen LogP) is 1.90. The largest absolute Gasteiger partial charge is 0.355 e. The summed E-state index contributed by atoms with van der Waals surface area (Å²) in [6.07, 6.45) is 1.95. The predicted molar refractivity (Wildman–Crippen MR) is 55.4 cm³/mol. The Kier molecular flexibility index (Phi) is 4.68. The van der Waals surface area contributed by atoms with Gasteiger partial charge in [0, 0.05) is 6.54 Å². The van der Waals surface area contributed by atoms with E-state index in [-0.39, 0.29) is 16.6 Å². The Morgan fingerprint density at radius 3 is 2.33 bits per heavy atom. The topological polar surface area (TPSA) is 29.1 Å². The first kappa shape index (κ1) is 11.8. The molecule has 0 aliphatic carbocycles. The van der Waals surface area contributed by atoms with Crippen molar-refractivity contribution in [2.24, 2.45) is 5.41 Å². The zero-order valence-corrected chi connectivity index (χ0v) is 9.42. The van der Waals surface area contributed by atoms with E-state index in [2.05, 4.69) is 26.1 Å². The van der Waals surface area contributed by atoms with E-state index in [1.54, 1.807) is 11.8 Å². The van der Waals surface area contributed by atoms with E-state index >= 15 is 0 Å². The average molecular weight is 189 g/mol. The van der Waals surface area contributed by atoms with Crippen molar-refractivity contribution >= 4 is 17.7 Å². The summed E-state index contributed by atoms with van der Waals surface area (Å²) < 4.78 is 0. The molecule has 1 unspecified atom stereocenters. The number of hydrogen-bond acceptors (Lipinski definition) is 2. The van der Waals surface area contributed by atoms with Crippen LogP contribution in [0.25, 0.3) is 0 Å². The summed E-state index contributed by atoms with van der Waals surface area (Å²) in [6.45, 7) is 8.99. The van der Waals surface area contributed by atoms with E-state index in [1.165, 1.54) is 0 Å². The molecule has 0 spiro atoms. The van der Waals surface area contributed by atoms with Gasteiger partial charge in [-0.15, -0.1) is 0 Å². The van der Waals surface area contributed by atoms with Gasteiger partial charge in [0.05, 0.1) is 5.25 Å². The molecule has 0 aliphatic heterocycles. The molecular formula is C9H19NOS. The van der Waals surface area contributed by atoms with Gasteiger partial charge < -0.3 is 5.32 Å². The first-order valence-corrected chi connectivity index (χ1v) is 5.46. The van der Waals surface area contributed by atoms with Crippen LogP contribution in [-0.2, 0) is 4.79 Å². The minimum absolute atomic E-state index is 0.0624. The van der Waals surface area contributed by atoms with Crippen LogP contribution in [0, 0.1) is 5.41 Å². The summed E-state index contributed by atoms with van der Waals surface area (Å²) in [5.74, 6) is 0.137. The van der Waals surface area contributed by atoms with Crippen LogP contribution in [0.3, 0.4) is 0 Å². The van der Waals surface area contributed by atoms with Crippen molar-refractivity contribution in [3.8, 4) is 0 Å². The maximum absolute atomic E-state index is 11.3. The minimum atomic E-state index is 0.0624. The Morgan fingerprint density at radius 2 is 2.00 bits per heavy atom. The van der Waals surface area contributed by atoms with Crippen molar-refractivity contribution in [2.75, 3.05) is 12.8 Å². The molecule has 0 aromatic heterocycles. The minimum Gasteiger partial charge on any atom is -0.355 e. The fraction of sp³-hybridized carbons (Fsp3) is 0.889. The number of nitrogens with one attached hydrogen (secondary N) is 1. The van der Waals surface area contributed by atoms with Crippen LogP contribution in [0.15, 0.2) is 0 Å².